The third-order valence-corrected chi connectivity index (χ3v) is 3.15. The second-order valence-corrected chi connectivity index (χ2v) is 4.76. The van der Waals surface area contributed by atoms with Crippen LogP contribution < -0.4 is 5.32 Å². The maximum Gasteiger partial charge on any atom is 0.141 e. The van der Waals surface area contributed by atoms with E-state index >= 15 is 0 Å². The third kappa shape index (κ3) is 4.06. The predicted molar refractivity (Wildman–Crippen MR) is 66.2 cm³/mol. The zero-order chi connectivity index (χ0) is 12.1. The van der Waals surface area contributed by atoms with E-state index < -0.39 is 0 Å². The summed E-state index contributed by atoms with van der Waals surface area (Å²) < 4.78 is 12.7. The first-order valence-corrected chi connectivity index (χ1v) is 6.30. The normalized spacial score (nSPS) is 18.5. The molecule has 1 atom stereocenters. The van der Waals surface area contributed by atoms with Gasteiger partial charge in [0.05, 0.1) is 11.9 Å². The van der Waals surface area contributed by atoms with Gasteiger partial charge >= 0.3 is 0 Å². The van der Waals surface area contributed by atoms with E-state index in [1.54, 1.807) is 6.07 Å². The SMILES string of the molecule is CC(CN1CCCC1)NCc1ccc(F)cn1. The Bertz CT molecular complexity index is 333. The van der Waals surface area contributed by atoms with Gasteiger partial charge in [0.15, 0.2) is 0 Å². The van der Waals surface area contributed by atoms with Gasteiger partial charge in [0, 0.05) is 19.1 Å². The van der Waals surface area contributed by atoms with Crippen LogP contribution in [0.25, 0.3) is 0 Å². The number of nitrogens with one attached hydrogen (secondary N) is 1. The Labute approximate surface area is 102 Å². The average molecular weight is 237 g/mol. The smallest absolute Gasteiger partial charge is 0.141 e. The number of aromatic nitrogens is 1. The minimum Gasteiger partial charge on any atom is -0.307 e. The number of nitrogens with zero attached hydrogens (tertiary/aromatic N) is 2. The van der Waals surface area contributed by atoms with Gasteiger partial charge in [0.2, 0.25) is 0 Å². The molecule has 1 fully saturated rings. The van der Waals surface area contributed by atoms with Crippen LogP contribution >= 0.6 is 0 Å². The van der Waals surface area contributed by atoms with Crippen molar-refractivity contribution < 1.29 is 4.39 Å². The number of hydrogen-bond donors (Lipinski definition) is 1. The highest BCUT2D eigenvalue weighted by Crippen LogP contribution is 2.07. The second-order valence-electron chi connectivity index (χ2n) is 4.76. The molecule has 0 aliphatic carbocycles. The van der Waals surface area contributed by atoms with Gasteiger partial charge < -0.3 is 10.2 Å². The van der Waals surface area contributed by atoms with Crippen LogP contribution in [0.5, 0.6) is 0 Å². The van der Waals surface area contributed by atoms with E-state index in [1.165, 1.54) is 38.2 Å². The molecule has 94 valence electrons. The molecule has 0 radical (unpaired) electrons. The molecular formula is C13H20FN3. The van der Waals surface area contributed by atoms with Crippen molar-refractivity contribution in [1.82, 2.24) is 15.2 Å². The number of likely N-dealkylation sites (tertiary alicyclic amines) is 1. The molecule has 1 unspecified atom stereocenters. The van der Waals surface area contributed by atoms with Crippen molar-refractivity contribution in [2.45, 2.75) is 32.4 Å². The molecule has 2 heterocycles. The maximum atomic E-state index is 12.7. The van der Waals surface area contributed by atoms with Crippen LogP contribution in [0.3, 0.4) is 0 Å². The molecule has 0 saturated carbocycles. The van der Waals surface area contributed by atoms with Crippen molar-refractivity contribution >= 4 is 0 Å². The maximum absolute atomic E-state index is 12.7. The van der Waals surface area contributed by atoms with Crippen molar-refractivity contribution in [1.29, 1.82) is 0 Å². The number of rotatable bonds is 5. The zero-order valence-corrected chi connectivity index (χ0v) is 10.3. The lowest BCUT2D eigenvalue weighted by Gasteiger charge is -2.21. The van der Waals surface area contributed by atoms with E-state index in [0.717, 1.165) is 12.2 Å². The van der Waals surface area contributed by atoms with Crippen LogP contribution in [0.4, 0.5) is 4.39 Å². The molecule has 2 rings (SSSR count). The molecule has 1 aromatic rings. The van der Waals surface area contributed by atoms with Crippen molar-refractivity contribution in [3.63, 3.8) is 0 Å². The molecule has 1 aromatic heterocycles. The van der Waals surface area contributed by atoms with E-state index in [1.807, 2.05) is 0 Å². The lowest BCUT2D eigenvalue weighted by atomic mass is 10.3. The molecule has 0 amide bonds. The predicted octanol–water partition coefficient (Wildman–Crippen LogP) is 1.79. The first-order chi connectivity index (χ1) is 8.24. The van der Waals surface area contributed by atoms with Gasteiger partial charge in [-0.05, 0) is 45.0 Å². The van der Waals surface area contributed by atoms with Gasteiger partial charge in [-0.1, -0.05) is 0 Å². The van der Waals surface area contributed by atoms with Crippen LogP contribution in [-0.2, 0) is 6.54 Å². The number of pyridine rings is 1. The van der Waals surface area contributed by atoms with E-state index in [9.17, 15) is 4.39 Å². The summed E-state index contributed by atoms with van der Waals surface area (Å²) in [6.45, 7) is 6.42. The summed E-state index contributed by atoms with van der Waals surface area (Å²) in [6, 6.07) is 3.63. The average Bonchev–Trinajstić information content (AvgIpc) is 2.81. The monoisotopic (exact) mass is 237 g/mol. The Balaban J connectivity index is 1.71. The molecule has 3 nitrogen and oxygen atoms in total. The van der Waals surface area contributed by atoms with Gasteiger partial charge in [-0.3, -0.25) is 4.98 Å². The highest BCUT2D eigenvalue weighted by atomic mass is 19.1. The lowest BCUT2D eigenvalue weighted by Crippen LogP contribution is -2.37. The minimum atomic E-state index is -0.279. The van der Waals surface area contributed by atoms with Crippen molar-refractivity contribution in [3.05, 3.63) is 29.8 Å². The van der Waals surface area contributed by atoms with Crippen LogP contribution in [0.1, 0.15) is 25.5 Å². The highest BCUT2D eigenvalue weighted by Gasteiger charge is 2.14. The quantitative estimate of drug-likeness (QED) is 0.846. The van der Waals surface area contributed by atoms with Gasteiger partial charge in [0.1, 0.15) is 5.82 Å². The number of halogens is 1. The van der Waals surface area contributed by atoms with Crippen molar-refractivity contribution in [3.8, 4) is 0 Å². The fourth-order valence-corrected chi connectivity index (χ4v) is 2.21. The Morgan fingerprint density at radius 3 is 2.82 bits per heavy atom. The van der Waals surface area contributed by atoms with Gasteiger partial charge in [-0.15, -0.1) is 0 Å². The summed E-state index contributed by atoms with van der Waals surface area (Å²) in [7, 11) is 0. The molecule has 1 aliphatic heterocycles. The first kappa shape index (κ1) is 12.5. The van der Waals surface area contributed by atoms with Crippen LogP contribution in [-0.4, -0.2) is 35.6 Å². The third-order valence-electron chi connectivity index (χ3n) is 3.15. The Hall–Kier alpha value is -1.00. The summed E-state index contributed by atoms with van der Waals surface area (Å²) >= 11 is 0. The summed E-state index contributed by atoms with van der Waals surface area (Å²) in [5, 5.41) is 3.42. The fraction of sp³-hybridized carbons (Fsp3) is 0.615. The van der Waals surface area contributed by atoms with Gasteiger partial charge in [-0.2, -0.15) is 0 Å². The minimum absolute atomic E-state index is 0.279. The standard InChI is InChI=1S/C13H20FN3/c1-11(10-17-6-2-3-7-17)15-9-13-5-4-12(14)8-16-13/h4-5,8,11,15H,2-3,6-7,9-10H2,1H3. The van der Waals surface area contributed by atoms with E-state index in [-0.39, 0.29) is 5.82 Å². The van der Waals surface area contributed by atoms with E-state index in [4.69, 9.17) is 0 Å². The summed E-state index contributed by atoms with van der Waals surface area (Å²) in [5.41, 5.74) is 0.889. The summed E-state index contributed by atoms with van der Waals surface area (Å²) in [6.07, 6.45) is 3.92. The Kier molecular flexibility index (Phi) is 4.45. The molecule has 1 N–H and O–H groups in total. The molecule has 0 spiro atoms. The second kappa shape index (κ2) is 6.07. The Morgan fingerprint density at radius 1 is 1.41 bits per heavy atom. The van der Waals surface area contributed by atoms with Gasteiger partial charge in [0.25, 0.3) is 0 Å². The number of hydrogen-bond acceptors (Lipinski definition) is 3. The molecular weight excluding hydrogens is 217 g/mol. The van der Waals surface area contributed by atoms with Crippen LogP contribution in [0.15, 0.2) is 18.3 Å². The molecule has 0 aromatic carbocycles. The topological polar surface area (TPSA) is 28.2 Å². The largest absolute Gasteiger partial charge is 0.307 e. The highest BCUT2D eigenvalue weighted by molar-refractivity contribution is 5.05. The van der Waals surface area contributed by atoms with Crippen LogP contribution in [0.2, 0.25) is 0 Å². The molecule has 0 bridgehead atoms. The zero-order valence-electron chi connectivity index (χ0n) is 10.3. The lowest BCUT2D eigenvalue weighted by molar-refractivity contribution is 0.298. The summed E-state index contributed by atoms with van der Waals surface area (Å²) in [4.78, 5) is 6.51. The van der Waals surface area contributed by atoms with Crippen molar-refractivity contribution in [2.24, 2.45) is 0 Å². The molecule has 1 saturated heterocycles. The van der Waals surface area contributed by atoms with E-state index in [2.05, 4.69) is 22.1 Å². The fourth-order valence-electron chi connectivity index (χ4n) is 2.21. The molecule has 17 heavy (non-hydrogen) atoms. The molecule has 4 heteroatoms. The summed E-state index contributed by atoms with van der Waals surface area (Å²) in [5.74, 6) is -0.279. The first-order valence-electron chi connectivity index (χ1n) is 6.30. The van der Waals surface area contributed by atoms with Crippen LogP contribution in [0, 0.1) is 5.82 Å². The van der Waals surface area contributed by atoms with Gasteiger partial charge in [-0.25, -0.2) is 4.39 Å². The Morgan fingerprint density at radius 2 is 2.18 bits per heavy atom. The van der Waals surface area contributed by atoms with E-state index in [0.29, 0.717) is 12.6 Å². The molecule has 1 aliphatic rings. The van der Waals surface area contributed by atoms with Crippen molar-refractivity contribution in [2.75, 3.05) is 19.6 Å².